The summed E-state index contributed by atoms with van der Waals surface area (Å²) < 4.78 is 0. The zero-order valence-corrected chi connectivity index (χ0v) is 13.7. The first kappa shape index (κ1) is 15.9. The highest BCUT2D eigenvalue weighted by atomic mass is 16.1. The molecule has 22 heavy (non-hydrogen) atoms. The molecule has 0 unspecified atom stereocenters. The summed E-state index contributed by atoms with van der Waals surface area (Å²) in [5, 5.41) is 6.04. The summed E-state index contributed by atoms with van der Waals surface area (Å²) in [6.45, 7) is 9.97. The van der Waals surface area contributed by atoms with E-state index in [0.29, 0.717) is 11.6 Å². The predicted molar refractivity (Wildman–Crippen MR) is 88.6 cm³/mol. The molecule has 116 valence electrons. The first-order valence-corrected chi connectivity index (χ1v) is 7.35. The van der Waals surface area contributed by atoms with Gasteiger partial charge in [0.25, 0.3) is 5.91 Å². The van der Waals surface area contributed by atoms with Crippen molar-refractivity contribution in [3.05, 3.63) is 46.8 Å². The molecule has 0 aliphatic carbocycles. The van der Waals surface area contributed by atoms with Gasteiger partial charge in [-0.2, -0.15) is 0 Å². The number of nitrogens with one attached hydrogen (secondary N) is 2. The number of nitrogens with zero attached hydrogens (tertiary/aromatic N) is 2. The lowest BCUT2D eigenvalue weighted by atomic mass is 10.1. The van der Waals surface area contributed by atoms with Crippen LogP contribution >= 0.6 is 0 Å². The maximum Gasteiger partial charge on any atom is 0.270 e. The monoisotopic (exact) mass is 298 g/mol. The second-order valence-corrected chi connectivity index (χ2v) is 5.79. The van der Waals surface area contributed by atoms with Crippen molar-refractivity contribution in [1.29, 1.82) is 0 Å². The van der Waals surface area contributed by atoms with Crippen molar-refractivity contribution in [2.75, 3.05) is 5.32 Å². The van der Waals surface area contributed by atoms with Crippen LogP contribution in [-0.2, 0) is 0 Å². The molecular weight excluding hydrogens is 276 g/mol. The largest absolute Gasteiger partial charge is 0.349 e. The van der Waals surface area contributed by atoms with E-state index in [2.05, 4.69) is 39.7 Å². The van der Waals surface area contributed by atoms with Gasteiger partial charge in [0.1, 0.15) is 5.69 Å². The second-order valence-electron chi connectivity index (χ2n) is 5.79. The Morgan fingerprint density at radius 1 is 1.14 bits per heavy atom. The summed E-state index contributed by atoms with van der Waals surface area (Å²) in [7, 11) is 0. The number of aryl methyl sites for hydroxylation is 3. The minimum atomic E-state index is -0.196. The molecule has 0 spiro atoms. The van der Waals surface area contributed by atoms with E-state index in [1.807, 2.05) is 27.7 Å². The minimum Gasteiger partial charge on any atom is -0.349 e. The van der Waals surface area contributed by atoms with Crippen LogP contribution in [-0.4, -0.2) is 21.9 Å². The molecule has 1 amide bonds. The zero-order chi connectivity index (χ0) is 16.3. The fourth-order valence-corrected chi connectivity index (χ4v) is 2.37. The Balaban J connectivity index is 2.26. The van der Waals surface area contributed by atoms with Gasteiger partial charge in [-0.3, -0.25) is 4.79 Å². The van der Waals surface area contributed by atoms with Gasteiger partial charge in [0.05, 0.1) is 0 Å². The summed E-state index contributed by atoms with van der Waals surface area (Å²) in [6.07, 6.45) is 1.59. The summed E-state index contributed by atoms with van der Waals surface area (Å²) in [5.41, 5.74) is 4.79. The maximum atomic E-state index is 12.0. The average Bonchev–Trinajstić information content (AvgIpc) is 2.42. The minimum absolute atomic E-state index is 0.0699. The average molecular weight is 298 g/mol. The van der Waals surface area contributed by atoms with Gasteiger partial charge >= 0.3 is 0 Å². The van der Waals surface area contributed by atoms with E-state index in [1.54, 1.807) is 12.3 Å². The van der Waals surface area contributed by atoms with Gasteiger partial charge < -0.3 is 10.6 Å². The molecular formula is C17H22N4O. The van der Waals surface area contributed by atoms with Gasteiger partial charge in [-0.05, 0) is 51.8 Å². The van der Waals surface area contributed by atoms with Gasteiger partial charge in [0.15, 0.2) is 0 Å². The van der Waals surface area contributed by atoms with Crippen molar-refractivity contribution in [3.63, 3.8) is 0 Å². The van der Waals surface area contributed by atoms with E-state index in [1.165, 1.54) is 5.56 Å². The van der Waals surface area contributed by atoms with Gasteiger partial charge in [-0.15, -0.1) is 0 Å². The molecule has 0 fully saturated rings. The second kappa shape index (κ2) is 6.56. The van der Waals surface area contributed by atoms with Crippen LogP contribution in [0.4, 0.5) is 11.6 Å². The molecule has 0 bridgehead atoms. The van der Waals surface area contributed by atoms with Crippen molar-refractivity contribution in [1.82, 2.24) is 15.3 Å². The predicted octanol–water partition coefficient (Wildman–Crippen LogP) is 3.28. The Labute approximate surface area is 131 Å². The molecule has 0 saturated heterocycles. The topological polar surface area (TPSA) is 66.9 Å². The molecule has 2 aromatic rings. The van der Waals surface area contributed by atoms with E-state index in [0.717, 1.165) is 16.8 Å². The maximum absolute atomic E-state index is 12.0. The van der Waals surface area contributed by atoms with Crippen LogP contribution in [0, 0.1) is 20.8 Å². The number of rotatable bonds is 4. The van der Waals surface area contributed by atoms with Gasteiger partial charge in [-0.25, -0.2) is 9.97 Å². The number of carbonyl (C=O) groups excluding carboxylic acids is 1. The molecule has 1 aromatic carbocycles. The molecule has 1 heterocycles. The van der Waals surface area contributed by atoms with Gasteiger partial charge in [0, 0.05) is 17.9 Å². The van der Waals surface area contributed by atoms with Crippen LogP contribution in [0.25, 0.3) is 0 Å². The molecule has 0 aliphatic heterocycles. The third kappa shape index (κ3) is 3.81. The van der Waals surface area contributed by atoms with Crippen molar-refractivity contribution >= 4 is 17.5 Å². The molecule has 0 aliphatic rings. The highest BCUT2D eigenvalue weighted by Gasteiger charge is 2.11. The van der Waals surface area contributed by atoms with Crippen molar-refractivity contribution < 1.29 is 4.79 Å². The number of amides is 1. The standard InChI is InChI=1S/C17H22N4O/c1-10(2)19-16(22)14-6-7-18-17(20-14)21-15-12(4)8-11(3)9-13(15)5/h6-10H,1-5H3,(H,19,22)(H,18,20,21). The number of aromatic nitrogens is 2. The smallest absolute Gasteiger partial charge is 0.270 e. The third-order valence-corrected chi connectivity index (χ3v) is 3.22. The van der Waals surface area contributed by atoms with E-state index < -0.39 is 0 Å². The Kier molecular flexibility index (Phi) is 4.75. The van der Waals surface area contributed by atoms with E-state index >= 15 is 0 Å². The molecule has 2 rings (SSSR count). The van der Waals surface area contributed by atoms with E-state index in [4.69, 9.17) is 0 Å². The quantitative estimate of drug-likeness (QED) is 0.909. The lowest BCUT2D eigenvalue weighted by molar-refractivity contribution is 0.0938. The summed E-state index contributed by atoms with van der Waals surface area (Å²) >= 11 is 0. The summed E-state index contributed by atoms with van der Waals surface area (Å²) in [6, 6.07) is 5.88. The van der Waals surface area contributed by atoms with Crippen LogP contribution < -0.4 is 10.6 Å². The third-order valence-electron chi connectivity index (χ3n) is 3.22. The van der Waals surface area contributed by atoms with Gasteiger partial charge in [-0.1, -0.05) is 17.7 Å². The Morgan fingerprint density at radius 3 is 2.36 bits per heavy atom. The van der Waals surface area contributed by atoms with Crippen LogP contribution in [0.2, 0.25) is 0 Å². The van der Waals surface area contributed by atoms with Crippen LogP contribution in [0.3, 0.4) is 0 Å². The van der Waals surface area contributed by atoms with Crippen LogP contribution in [0.15, 0.2) is 24.4 Å². The first-order valence-electron chi connectivity index (χ1n) is 7.35. The molecule has 0 atom stereocenters. The molecule has 0 radical (unpaired) electrons. The van der Waals surface area contributed by atoms with Crippen molar-refractivity contribution in [3.8, 4) is 0 Å². The Morgan fingerprint density at radius 2 is 1.77 bits per heavy atom. The molecule has 5 heteroatoms. The van der Waals surface area contributed by atoms with Crippen LogP contribution in [0.1, 0.15) is 41.0 Å². The van der Waals surface area contributed by atoms with E-state index in [-0.39, 0.29) is 11.9 Å². The first-order chi connectivity index (χ1) is 10.4. The number of anilines is 2. The molecule has 5 nitrogen and oxygen atoms in total. The van der Waals surface area contributed by atoms with Crippen molar-refractivity contribution in [2.45, 2.75) is 40.7 Å². The highest BCUT2D eigenvalue weighted by Crippen LogP contribution is 2.24. The molecule has 0 saturated carbocycles. The number of hydrogen-bond donors (Lipinski definition) is 2. The highest BCUT2D eigenvalue weighted by molar-refractivity contribution is 5.92. The lowest BCUT2D eigenvalue weighted by Gasteiger charge is -2.13. The number of carbonyl (C=O) groups is 1. The summed E-state index contributed by atoms with van der Waals surface area (Å²) in [4.78, 5) is 20.5. The van der Waals surface area contributed by atoms with Crippen LogP contribution in [0.5, 0.6) is 0 Å². The molecule has 2 N–H and O–H groups in total. The molecule has 1 aromatic heterocycles. The SMILES string of the molecule is Cc1cc(C)c(Nc2nccc(C(=O)NC(C)C)n2)c(C)c1. The Bertz CT molecular complexity index is 672. The zero-order valence-electron chi connectivity index (χ0n) is 13.7. The summed E-state index contributed by atoms with van der Waals surface area (Å²) in [5.74, 6) is 0.226. The van der Waals surface area contributed by atoms with E-state index in [9.17, 15) is 4.79 Å². The normalized spacial score (nSPS) is 10.6. The number of benzene rings is 1. The van der Waals surface area contributed by atoms with Crippen molar-refractivity contribution in [2.24, 2.45) is 0 Å². The lowest BCUT2D eigenvalue weighted by Crippen LogP contribution is -2.30. The number of hydrogen-bond acceptors (Lipinski definition) is 4. The fraction of sp³-hybridized carbons (Fsp3) is 0.353. The Hall–Kier alpha value is -2.43. The van der Waals surface area contributed by atoms with Gasteiger partial charge in [0.2, 0.25) is 5.95 Å². The fourth-order valence-electron chi connectivity index (χ4n) is 2.37.